The van der Waals surface area contributed by atoms with Crippen LogP contribution < -0.4 is 5.46 Å². The molecule has 0 bridgehead atoms. The summed E-state index contributed by atoms with van der Waals surface area (Å²) in [7, 11) is -0.635. The van der Waals surface area contributed by atoms with E-state index >= 15 is 0 Å². The molecule has 2 aromatic carbocycles. The van der Waals surface area contributed by atoms with Gasteiger partial charge in [0, 0.05) is 22.7 Å². The van der Waals surface area contributed by atoms with E-state index < -0.39 is 18.3 Å². The largest absolute Gasteiger partial charge is 0.495 e. The maximum absolute atomic E-state index is 15.0. The Labute approximate surface area is 153 Å². The summed E-state index contributed by atoms with van der Waals surface area (Å²) in [5.74, 6) is -0.310. The van der Waals surface area contributed by atoms with Crippen LogP contribution in [0.4, 0.5) is 4.39 Å². The highest BCUT2D eigenvalue weighted by molar-refractivity contribution is 6.64. The van der Waals surface area contributed by atoms with Crippen LogP contribution in [0.5, 0.6) is 0 Å². The molecule has 0 N–H and O–H groups in total. The van der Waals surface area contributed by atoms with Gasteiger partial charge in [-0.15, -0.1) is 0 Å². The molecule has 1 aliphatic rings. The monoisotopic (exact) mass is 349 g/mol. The average molecular weight is 349 g/mol. The molecule has 132 valence electrons. The Balaban J connectivity index is 1.91. The average Bonchev–Trinajstić information content (AvgIpc) is 2.82. The highest BCUT2D eigenvalue weighted by atomic mass is 19.1. The fourth-order valence-corrected chi connectivity index (χ4v) is 3.30. The number of hydrogen-bond acceptors (Lipinski definition) is 3. The lowest BCUT2D eigenvalue weighted by molar-refractivity contribution is 0.00578. The minimum absolute atomic E-state index is 0.310. The summed E-state index contributed by atoms with van der Waals surface area (Å²) in [4.78, 5) is 4.48. The van der Waals surface area contributed by atoms with E-state index in [0.717, 1.165) is 16.5 Å². The van der Waals surface area contributed by atoms with E-state index in [0.29, 0.717) is 11.0 Å². The molecule has 26 heavy (non-hydrogen) atoms. The van der Waals surface area contributed by atoms with Gasteiger partial charge in [0.25, 0.3) is 0 Å². The Morgan fingerprint density at radius 2 is 1.54 bits per heavy atom. The molecule has 2 heterocycles. The van der Waals surface area contributed by atoms with Gasteiger partial charge in [-0.3, -0.25) is 4.98 Å². The first kappa shape index (κ1) is 17.2. The highest BCUT2D eigenvalue weighted by Gasteiger charge is 2.52. The van der Waals surface area contributed by atoms with Crippen molar-refractivity contribution in [1.82, 2.24) is 4.98 Å². The number of para-hydroxylation sites is 1. The zero-order valence-corrected chi connectivity index (χ0v) is 15.4. The Morgan fingerprint density at radius 1 is 0.885 bits per heavy atom. The molecule has 0 aliphatic carbocycles. The summed E-state index contributed by atoms with van der Waals surface area (Å²) in [6.07, 6.45) is 1.72. The quantitative estimate of drug-likeness (QED) is 0.645. The number of fused-ring (bicyclic) bond motifs is 1. The molecule has 1 aliphatic heterocycles. The molecule has 0 amide bonds. The second-order valence-electron chi connectivity index (χ2n) is 7.67. The summed E-state index contributed by atoms with van der Waals surface area (Å²) in [6.45, 7) is 7.97. The number of benzene rings is 2. The first-order valence-electron chi connectivity index (χ1n) is 8.78. The fourth-order valence-electron chi connectivity index (χ4n) is 3.30. The molecule has 0 radical (unpaired) electrons. The van der Waals surface area contributed by atoms with Crippen LogP contribution in [-0.2, 0) is 9.31 Å². The third-order valence-electron chi connectivity index (χ3n) is 5.46. The number of halogens is 1. The second kappa shape index (κ2) is 5.90. The number of pyridine rings is 1. The molecular weight excluding hydrogens is 328 g/mol. The zero-order valence-electron chi connectivity index (χ0n) is 15.4. The highest BCUT2D eigenvalue weighted by Crippen LogP contribution is 2.38. The van der Waals surface area contributed by atoms with Gasteiger partial charge >= 0.3 is 7.12 Å². The lowest BCUT2D eigenvalue weighted by atomic mass is 9.74. The van der Waals surface area contributed by atoms with Crippen LogP contribution in [0, 0.1) is 5.82 Å². The van der Waals surface area contributed by atoms with Gasteiger partial charge < -0.3 is 9.31 Å². The Morgan fingerprint density at radius 3 is 2.27 bits per heavy atom. The van der Waals surface area contributed by atoms with Gasteiger partial charge in [-0.05, 0) is 45.3 Å². The molecule has 0 unspecified atom stereocenters. The van der Waals surface area contributed by atoms with Gasteiger partial charge in [0.1, 0.15) is 5.82 Å². The first-order valence-corrected chi connectivity index (χ1v) is 8.78. The molecular formula is C21H21BFNO2. The van der Waals surface area contributed by atoms with Crippen molar-refractivity contribution >= 4 is 23.5 Å². The van der Waals surface area contributed by atoms with E-state index in [1.807, 2.05) is 64.1 Å². The second-order valence-corrected chi connectivity index (χ2v) is 7.67. The molecule has 0 saturated carbocycles. The molecule has 3 nitrogen and oxygen atoms in total. The van der Waals surface area contributed by atoms with Crippen LogP contribution in [0.25, 0.3) is 22.0 Å². The maximum Gasteiger partial charge on any atom is 0.495 e. The molecule has 5 heteroatoms. The summed E-state index contributed by atoms with van der Waals surface area (Å²) in [6, 6.07) is 14.7. The van der Waals surface area contributed by atoms with E-state index in [2.05, 4.69) is 4.98 Å². The van der Waals surface area contributed by atoms with E-state index in [1.54, 1.807) is 12.3 Å². The zero-order chi connectivity index (χ0) is 18.5. The van der Waals surface area contributed by atoms with Crippen LogP contribution in [-0.4, -0.2) is 23.3 Å². The van der Waals surface area contributed by atoms with E-state index in [1.165, 1.54) is 6.07 Å². The lowest BCUT2D eigenvalue weighted by Crippen LogP contribution is -2.41. The van der Waals surface area contributed by atoms with Crippen LogP contribution in [0.3, 0.4) is 0 Å². The summed E-state index contributed by atoms with van der Waals surface area (Å²) in [5, 5.41) is 0.966. The minimum atomic E-state index is -0.635. The predicted octanol–water partition coefficient (Wildman–Crippen LogP) is 4.34. The predicted molar refractivity (Wildman–Crippen MR) is 103 cm³/mol. The smallest absolute Gasteiger partial charge is 0.399 e. The minimum Gasteiger partial charge on any atom is -0.399 e. The van der Waals surface area contributed by atoms with E-state index in [4.69, 9.17) is 9.31 Å². The van der Waals surface area contributed by atoms with Crippen LogP contribution in [0.1, 0.15) is 27.7 Å². The molecule has 1 aromatic heterocycles. The molecule has 1 saturated heterocycles. The Bertz CT molecular complexity index is 965. The van der Waals surface area contributed by atoms with Crippen LogP contribution in [0.2, 0.25) is 0 Å². The van der Waals surface area contributed by atoms with Crippen LogP contribution >= 0.6 is 0 Å². The Hall–Kier alpha value is -2.24. The van der Waals surface area contributed by atoms with Gasteiger partial charge in [0.05, 0.1) is 16.7 Å². The fraction of sp³-hybridized carbons (Fsp3) is 0.286. The normalized spacial score (nSPS) is 18.4. The standard InChI is InChI=1S/C21H21BFNO2/c1-20(2)21(3,4)26-22(25-20)16-11-6-12-17(23)18(16)15-10-5-8-14-9-7-13-24-19(14)15/h5-13H,1-4H3. The third-order valence-corrected chi connectivity index (χ3v) is 5.46. The molecule has 0 atom stereocenters. The van der Waals surface area contributed by atoms with E-state index in [9.17, 15) is 4.39 Å². The van der Waals surface area contributed by atoms with Crippen molar-refractivity contribution in [3.05, 3.63) is 60.5 Å². The van der Waals surface area contributed by atoms with Crippen molar-refractivity contribution in [1.29, 1.82) is 0 Å². The summed E-state index contributed by atoms with van der Waals surface area (Å²) in [5.41, 5.74) is 1.69. The number of nitrogens with zero attached hydrogens (tertiary/aromatic N) is 1. The van der Waals surface area contributed by atoms with E-state index in [-0.39, 0.29) is 5.82 Å². The van der Waals surface area contributed by atoms with Crippen molar-refractivity contribution in [2.45, 2.75) is 38.9 Å². The van der Waals surface area contributed by atoms with Gasteiger partial charge in [0.2, 0.25) is 0 Å². The molecule has 0 spiro atoms. The number of hydrogen-bond donors (Lipinski definition) is 0. The molecule has 4 rings (SSSR count). The molecule has 3 aromatic rings. The van der Waals surface area contributed by atoms with Gasteiger partial charge in [-0.25, -0.2) is 4.39 Å². The topological polar surface area (TPSA) is 31.4 Å². The van der Waals surface area contributed by atoms with Crippen molar-refractivity contribution in [3.63, 3.8) is 0 Å². The third kappa shape index (κ3) is 2.63. The van der Waals surface area contributed by atoms with Gasteiger partial charge in [-0.1, -0.05) is 36.4 Å². The number of rotatable bonds is 2. The lowest BCUT2D eigenvalue weighted by Gasteiger charge is -2.32. The summed E-state index contributed by atoms with van der Waals surface area (Å²) >= 11 is 0. The number of aromatic nitrogens is 1. The first-order chi connectivity index (χ1) is 12.3. The van der Waals surface area contributed by atoms with Crippen molar-refractivity contribution in [2.24, 2.45) is 0 Å². The van der Waals surface area contributed by atoms with Gasteiger partial charge in [-0.2, -0.15) is 0 Å². The van der Waals surface area contributed by atoms with Gasteiger partial charge in [0.15, 0.2) is 0 Å². The SMILES string of the molecule is CC1(C)OB(c2cccc(F)c2-c2cccc3cccnc23)OC1(C)C. The Kier molecular flexibility index (Phi) is 3.90. The van der Waals surface area contributed by atoms with Crippen molar-refractivity contribution in [2.75, 3.05) is 0 Å². The molecule has 1 fully saturated rings. The van der Waals surface area contributed by atoms with Crippen molar-refractivity contribution < 1.29 is 13.7 Å². The van der Waals surface area contributed by atoms with Crippen molar-refractivity contribution in [3.8, 4) is 11.1 Å². The van der Waals surface area contributed by atoms with Crippen LogP contribution in [0.15, 0.2) is 54.7 Å². The summed E-state index contributed by atoms with van der Waals surface area (Å²) < 4.78 is 27.3. The maximum atomic E-state index is 15.0.